The fourth-order valence-corrected chi connectivity index (χ4v) is 5.03. The monoisotopic (exact) mass is 473 g/mol. The summed E-state index contributed by atoms with van der Waals surface area (Å²) in [5.41, 5.74) is 8.97. The molecule has 4 heterocycles. The zero-order chi connectivity index (χ0) is 24.9. The number of aryl methyl sites for hydroxylation is 1. The molecule has 6 heteroatoms. The molecule has 0 aliphatic carbocycles. The number of nitrogens with zero attached hydrogens (tertiary/aromatic N) is 4. The van der Waals surface area contributed by atoms with Crippen molar-refractivity contribution < 1.29 is 4.74 Å². The highest BCUT2D eigenvalue weighted by Crippen LogP contribution is 2.37. The molecular weight excluding hydrogens is 434 g/mol. The molecule has 0 fully saturated rings. The molecule has 0 unspecified atom stereocenters. The first-order chi connectivity index (χ1) is 17.0. The number of rotatable bonds is 10. The largest absolute Gasteiger partial charge is 0.477 e. The molecule has 0 aromatic carbocycles. The van der Waals surface area contributed by atoms with E-state index in [2.05, 4.69) is 78.8 Å². The lowest BCUT2D eigenvalue weighted by molar-refractivity contribution is 0.328. The van der Waals surface area contributed by atoms with Crippen molar-refractivity contribution in [1.82, 2.24) is 19.4 Å². The maximum atomic E-state index is 5.85. The molecule has 1 N–H and O–H groups in total. The average Bonchev–Trinajstić information content (AvgIpc) is 3.15. The second-order valence-electron chi connectivity index (χ2n) is 9.39. The lowest BCUT2D eigenvalue weighted by Gasteiger charge is -2.23. The van der Waals surface area contributed by atoms with Crippen LogP contribution in [-0.4, -0.2) is 45.7 Å². The maximum absolute atomic E-state index is 5.85. The number of hydrogen-bond donors (Lipinski definition) is 1. The Morgan fingerprint density at radius 3 is 2.74 bits per heavy atom. The van der Waals surface area contributed by atoms with Gasteiger partial charge in [-0.25, -0.2) is 9.97 Å². The third-order valence-electron chi connectivity index (χ3n) is 6.51. The summed E-state index contributed by atoms with van der Waals surface area (Å²) in [6, 6.07) is 6.48. The molecule has 1 aliphatic rings. The van der Waals surface area contributed by atoms with Crippen molar-refractivity contribution >= 4 is 16.7 Å². The van der Waals surface area contributed by atoms with Crippen LogP contribution in [0.5, 0.6) is 5.88 Å². The number of ether oxygens (including phenoxy) is 1. The quantitative estimate of drug-likeness (QED) is 0.363. The molecular formula is C29H39N5O. The number of aromatic nitrogens is 3. The van der Waals surface area contributed by atoms with Gasteiger partial charge in [-0.2, -0.15) is 0 Å². The minimum atomic E-state index is 0.334. The number of nitrogens with one attached hydrogen (secondary N) is 1. The minimum Gasteiger partial charge on any atom is -0.477 e. The molecule has 3 aromatic heterocycles. The SMILES string of the molecule is CCCN1C=C(CNc2cc(-c3cccnc3OCC)nc3c(C)c(CC)n(C(C)C)c23)C=CC1. The molecule has 0 atom stereocenters. The molecule has 186 valence electrons. The summed E-state index contributed by atoms with van der Waals surface area (Å²) in [6.07, 6.45) is 10.7. The summed E-state index contributed by atoms with van der Waals surface area (Å²) in [6.45, 7) is 16.5. The molecule has 35 heavy (non-hydrogen) atoms. The van der Waals surface area contributed by atoms with Crippen LogP contribution in [0.4, 0.5) is 5.69 Å². The third-order valence-corrected chi connectivity index (χ3v) is 6.51. The van der Waals surface area contributed by atoms with Gasteiger partial charge < -0.3 is 19.5 Å². The van der Waals surface area contributed by atoms with Gasteiger partial charge >= 0.3 is 0 Å². The second-order valence-corrected chi connectivity index (χ2v) is 9.39. The van der Waals surface area contributed by atoms with Crippen molar-refractivity contribution in [1.29, 1.82) is 0 Å². The fraction of sp³-hybridized carbons (Fsp3) is 0.448. The van der Waals surface area contributed by atoms with Gasteiger partial charge in [0.1, 0.15) is 0 Å². The molecule has 6 nitrogen and oxygen atoms in total. The Kier molecular flexibility index (Phi) is 7.79. The van der Waals surface area contributed by atoms with E-state index in [1.54, 1.807) is 6.20 Å². The summed E-state index contributed by atoms with van der Waals surface area (Å²) in [7, 11) is 0. The van der Waals surface area contributed by atoms with Gasteiger partial charge in [-0.3, -0.25) is 0 Å². The van der Waals surface area contributed by atoms with Crippen LogP contribution in [0.25, 0.3) is 22.3 Å². The van der Waals surface area contributed by atoms with E-state index >= 15 is 0 Å². The summed E-state index contributed by atoms with van der Waals surface area (Å²) in [5.74, 6) is 0.623. The Balaban J connectivity index is 1.84. The summed E-state index contributed by atoms with van der Waals surface area (Å²) in [4.78, 5) is 12.0. The van der Waals surface area contributed by atoms with Crippen LogP contribution >= 0.6 is 0 Å². The Bertz CT molecular complexity index is 1240. The van der Waals surface area contributed by atoms with Gasteiger partial charge in [-0.05, 0) is 69.9 Å². The maximum Gasteiger partial charge on any atom is 0.222 e. The average molecular weight is 474 g/mol. The van der Waals surface area contributed by atoms with E-state index in [-0.39, 0.29) is 0 Å². The highest BCUT2D eigenvalue weighted by molar-refractivity contribution is 5.95. The molecule has 0 saturated heterocycles. The van der Waals surface area contributed by atoms with Crippen LogP contribution in [0.3, 0.4) is 0 Å². The van der Waals surface area contributed by atoms with E-state index < -0.39 is 0 Å². The van der Waals surface area contributed by atoms with E-state index in [1.807, 2.05) is 19.1 Å². The van der Waals surface area contributed by atoms with Gasteiger partial charge in [0.2, 0.25) is 5.88 Å². The first kappa shape index (κ1) is 24.8. The lowest BCUT2D eigenvalue weighted by atomic mass is 10.1. The van der Waals surface area contributed by atoms with E-state index in [1.165, 1.54) is 22.3 Å². The molecule has 0 amide bonds. The Morgan fingerprint density at radius 2 is 2.03 bits per heavy atom. The summed E-state index contributed by atoms with van der Waals surface area (Å²) < 4.78 is 8.30. The predicted octanol–water partition coefficient (Wildman–Crippen LogP) is 6.53. The van der Waals surface area contributed by atoms with Gasteiger partial charge in [-0.1, -0.05) is 26.0 Å². The molecule has 0 spiro atoms. The number of hydrogen-bond acceptors (Lipinski definition) is 5. The normalized spacial score (nSPS) is 13.6. The van der Waals surface area contributed by atoms with Gasteiger partial charge in [0.15, 0.2) is 0 Å². The van der Waals surface area contributed by atoms with Crippen molar-refractivity contribution in [2.45, 2.75) is 60.4 Å². The van der Waals surface area contributed by atoms with E-state index in [0.29, 0.717) is 18.5 Å². The van der Waals surface area contributed by atoms with Gasteiger partial charge in [-0.15, -0.1) is 0 Å². The highest BCUT2D eigenvalue weighted by Gasteiger charge is 2.22. The molecule has 0 bridgehead atoms. The number of pyridine rings is 2. The Labute approximate surface area is 209 Å². The zero-order valence-electron chi connectivity index (χ0n) is 22.1. The molecule has 3 aromatic rings. The van der Waals surface area contributed by atoms with Crippen LogP contribution in [0.15, 0.2) is 48.3 Å². The summed E-state index contributed by atoms with van der Waals surface area (Å²) in [5, 5.41) is 3.77. The van der Waals surface area contributed by atoms with Gasteiger partial charge in [0.25, 0.3) is 0 Å². The molecule has 1 aliphatic heterocycles. The smallest absolute Gasteiger partial charge is 0.222 e. The number of fused-ring (bicyclic) bond motifs is 1. The zero-order valence-corrected chi connectivity index (χ0v) is 22.1. The first-order valence-electron chi connectivity index (χ1n) is 13.0. The van der Waals surface area contributed by atoms with Crippen molar-refractivity contribution in [2.24, 2.45) is 0 Å². The van der Waals surface area contributed by atoms with Gasteiger partial charge in [0.05, 0.1) is 34.6 Å². The first-order valence-corrected chi connectivity index (χ1v) is 13.0. The van der Waals surface area contributed by atoms with Crippen molar-refractivity contribution in [3.8, 4) is 17.1 Å². The lowest BCUT2D eigenvalue weighted by Crippen LogP contribution is -2.22. The van der Waals surface area contributed by atoms with Crippen LogP contribution in [0.1, 0.15) is 58.3 Å². The third kappa shape index (κ3) is 5.07. The number of anilines is 1. The summed E-state index contributed by atoms with van der Waals surface area (Å²) >= 11 is 0. The van der Waals surface area contributed by atoms with Crippen molar-refractivity contribution in [3.05, 3.63) is 59.6 Å². The molecule has 0 radical (unpaired) electrons. The van der Waals surface area contributed by atoms with E-state index in [4.69, 9.17) is 9.72 Å². The van der Waals surface area contributed by atoms with Crippen LogP contribution in [0.2, 0.25) is 0 Å². The van der Waals surface area contributed by atoms with Crippen LogP contribution < -0.4 is 10.1 Å². The topological polar surface area (TPSA) is 55.2 Å². The van der Waals surface area contributed by atoms with Crippen LogP contribution in [-0.2, 0) is 6.42 Å². The standard InChI is InChI=1S/C29H39N5O/c1-7-15-33-16-11-12-22(19-33)18-31-25-17-24(23-13-10-14-30-29(23)35-9-3)32-27-21(6)26(8-2)34(20(4)5)28(25)27/h10-14,17,19-20H,7-9,15-16,18H2,1-6H3,(H,31,32). The predicted molar refractivity (Wildman–Crippen MR) is 146 cm³/mol. The Morgan fingerprint density at radius 1 is 1.20 bits per heavy atom. The van der Waals surface area contributed by atoms with Crippen molar-refractivity contribution in [2.75, 3.05) is 31.6 Å². The van der Waals surface area contributed by atoms with Crippen LogP contribution in [0, 0.1) is 6.92 Å². The highest BCUT2D eigenvalue weighted by atomic mass is 16.5. The fourth-order valence-electron chi connectivity index (χ4n) is 5.03. The molecule has 4 rings (SSSR count). The van der Waals surface area contributed by atoms with Crippen molar-refractivity contribution in [3.63, 3.8) is 0 Å². The second kappa shape index (κ2) is 11.0. The minimum absolute atomic E-state index is 0.334. The Hall–Kier alpha value is -3.28. The van der Waals surface area contributed by atoms with E-state index in [0.717, 1.165) is 54.9 Å². The molecule has 0 saturated carbocycles. The van der Waals surface area contributed by atoms with Gasteiger partial charge in [0, 0.05) is 43.8 Å². The van der Waals surface area contributed by atoms with E-state index in [9.17, 15) is 0 Å².